The molecule has 1 unspecified atom stereocenters. The van der Waals surface area contributed by atoms with Crippen molar-refractivity contribution in [3.63, 3.8) is 0 Å². The van der Waals surface area contributed by atoms with E-state index in [1.54, 1.807) is 6.20 Å². The Labute approximate surface area is 107 Å². The van der Waals surface area contributed by atoms with Gasteiger partial charge in [-0.05, 0) is 37.1 Å². The minimum Gasteiger partial charge on any atom is -0.309 e. The summed E-state index contributed by atoms with van der Waals surface area (Å²) in [6.07, 6.45) is 8.64. The number of nitrogens with one attached hydrogen (secondary N) is 1. The van der Waals surface area contributed by atoms with Crippen molar-refractivity contribution in [2.24, 2.45) is 0 Å². The molecule has 2 aromatic heterocycles. The van der Waals surface area contributed by atoms with E-state index in [0.717, 1.165) is 30.0 Å². The second-order valence-electron chi connectivity index (χ2n) is 4.58. The van der Waals surface area contributed by atoms with Gasteiger partial charge in [0.1, 0.15) is 5.82 Å². The lowest BCUT2D eigenvalue weighted by Gasteiger charge is -2.10. The van der Waals surface area contributed by atoms with Gasteiger partial charge in [-0.2, -0.15) is 0 Å². The fourth-order valence-corrected chi connectivity index (χ4v) is 2.32. The minimum atomic E-state index is 0.403. The highest BCUT2D eigenvalue weighted by molar-refractivity contribution is 5.16. The van der Waals surface area contributed by atoms with Crippen molar-refractivity contribution in [1.29, 1.82) is 0 Å². The van der Waals surface area contributed by atoms with Crippen LogP contribution in [0.1, 0.15) is 36.0 Å². The summed E-state index contributed by atoms with van der Waals surface area (Å²) in [5, 5.41) is 3.46. The molecule has 1 atom stereocenters. The molecule has 1 fully saturated rings. The van der Waals surface area contributed by atoms with Crippen LogP contribution in [0.3, 0.4) is 0 Å². The molecule has 1 aliphatic heterocycles. The predicted molar refractivity (Wildman–Crippen MR) is 69.1 cm³/mol. The van der Waals surface area contributed by atoms with E-state index in [4.69, 9.17) is 0 Å². The van der Waals surface area contributed by atoms with E-state index in [2.05, 4.69) is 26.3 Å². The first-order valence-corrected chi connectivity index (χ1v) is 6.36. The van der Waals surface area contributed by atoms with Gasteiger partial charge in [0.15, 0.2) is 0 Å². The van der Waals surface area contributed by atoms with Crippen LogP contribution in [0.4, 0.5) is 0 Å². The molecule has 4 heteroatoms. The molecule has 0 bridgehead atoms. The third-order valence-corrected chi connectivity index (χ3v) is 3.23. The SMILES string of the molecule is c1cncc(Cc2nccc(C3CCCN3)n2)c1. The number of pyridine rings is 1. The van der Waals surface area contributed by atoms with Crippen LogP contribution >= 0.6 is 0 Å². The Kier molecular flexibility index (Phi) is 3.28. The Morgan fingerprint density at radius 2 is 2.28 bits per heavy atom. The van der Waals surface area contributed by atoms with Crippen LogP contribution in [0.25, 0.3) is 0 Å². The van der Waals surface area contributed by atoms with Crippen molar-refractivity contribution >= 4 is 0 Å². The first-order chi connectivity index (χ1) is 8.92. The van der Waals surface area contributed by atoms with E-state index >= 15 is 0 Å². The summed E-state index contributed by atoms with van der Waals surface area (Å²) in [5.41, 5.74) is 2.26. The first kappa shape index (κ1) is 11.3. The van der Waals surface area contributed by atoms with Crippen molar-refractivity contribution in [1.82, 2.24) is 20.3 Å². The molecule has 0 aromatic carbocycles. The summed E-state index contributed by atoms with van der Waals surface area (Å²) in [5.74, 6) is 0.870. The molecule has 0 aliphatic carbocycles. The molecular formula is C14H16N4. The van der Waals surface area contributed by atoms with Crippen molar-refractivity contribution in [2.45, 2.75) is 25.3 Å². The number of hydrogen-bond donors (Lipinski definition) is 1. The summed E-state index contributed by atoms with van der Waals surface area (Å²) in [6.45, 7) is 1.09. The fraction of sp³-hybridized carbons (Fsp3) is 0.357. The Hall–Kier alpha value is -1.81. The maximum atomic E-state index is 4.65. The van der Waals surface area contributed by atoms with E-state index in [1.807, 2.05) is 24.5 Å². The Morgan fingerprint density at radius 3 is 3.06 bits per heavy atom. The van der Waals surface area contributed by atoms with Gasteiger partial charge in [-0.15, -0.1) is 0 Å². The molecule has 1 N–H and O–H groups in total. The molecular weight excluding hydrogens is 224 g/mol. The highest BCUT2D eigenvalue weighted by atomic mass is 15.0. The summed E-state index contributed by atoms with van der Waals surface area (Å²) >= 11 is 0. The van der Waals surface area contributed by atoms with Crippen LogP contribution < -0.4 is 5.32 Å². The van der Waals surface area contributed by atoms with Crippen LogP contribution in [0.5, 0.6) is 0 Å². The van der Waals surface area contributed by atoms with Gasteiger partial charge < -0.3 is 5.32 Å². The monoisotopic (exact) mass is 240 g/mol. The van der Waals surface area contributed by atoms with Crippen LogP contribution in [0.2, 0.25) is 0 Å². The molecule has 3 heterocycles. The van der Waals surface area contributed by atoms with Gasteiger partial charge in [0, 0.05) is 31.1 Å². The molecule has 1 saturated heterocycles. The third-order valence-electron chi connectivity index (χ3n) is 3.23. The molecule has 4 nitrogen and oxygen atoms in total. The Balaban J connectivity index is 1.78. The normalized spacial score (nSPS) is 19.0. The Morgan fingerprint density at radius 1 is 1.28 bits per heavy atom. The zero-order chi connectivity index (χ0) is 12.2. The lowest BCUT2D eigenvalue weighted by Crippen LogP contribution is -2.15. The molecule has 92 valence electrons. The molecule has 1 aliphatic rings. The van der Waals surface area contributed by atoms with Crippen LogP contribution in [0, 0.1) is 0 Å². The smallest absolute Gasteiger partial charge is 0.133 e. The third kappa shape index (κ3) is 2.54. The molecule has 18 heavy (non-hydrogen) atoms. The molecule has 2 aromatic rings. The molecule has 0 amide bonds. The summed E-state index contributed by atoms with van der Waals surface area (Å²) < 4.78 is 0. The van der Waals surface area contributed by atoms with Gasteiger partial charge in [0.05, 0.1) is 5.69 Å². The molecule has 0 radical (unpaired) electrons. The second kappa shape index (κ2) is 5.23. The quantitative estimate of drug-likeness (QED) is 0.890. The standard InChI is InChI=1S/C14H16N4/c1-3-11(10-15-6-1)9-14-17-8-5-13(18-14)12-4-2-7-16-12/h1,3,5-6,8,10,12,16H,2,4,7,9H2. The van der Waals surface area contributed by atoms with Crippen LogP contribution in [-0.2, 0) is 6.42 Å². The summed E-state index contributed by atoms with van der Waals surface area (Å²) in [7, 11) is 0. The number of aromatic nitrogens is 3. The van der Waals surface area contributed by atoms with Gasteiger partial charge in [0.2, 0.25) is 0 Å². The lowest BCUT2D eigenvalue weighted by atomic mass is 10.1. The number of hydrogen-bond acceptors (Lipinski definition) is 4. The maximum Gasteiger partial charge on any atom is 0.133 e. The highest BCUT2D eigenvalue weighted by Crippen LogP contribution is 2.21. The Bertz CT molecular complexity index is 506. The van der Waals surface area contributed by atoms with E-state index in [-0.39, 0.29) is 0 Å². The van der Waals surface area contributed by atoms with E-state index in [0.29, 0.717) is 6.04 Å². The first-order valence-electron chi connectivity index (χ1n) is 6.36. The molecule has 0 spiro atoms. The summed E-state index contributed by atoms with van der Waals surface area (Å²) in [4.78, 5) is 13.1. The largest absolute Gasteiger partial charge is 0.309 e. The fourth-order valence-electron chi connectivity index (χ4n) is 2.32. The van der Waals surface area contributed by atoms with E-state index in [9.17, 15) is 0 Å². The van der Waals surface area contributed by atoms with Gasteiger partial charge in [-0.1, -0.05) is 6.07 Å². The average Bonchev–Trinajstić information content (AvgIpc) is 2.94. The van der Waals surface area contributed by atoms with Crippen LogP contribution in [0.15, 0.2) is 36.8 Å². The van der Waals surface area contributed by atoms with Gasteiger partial charge >= 0.3 is 0 Å². The van der Waals surface area contributed by atoms with E-state index < -0.39 is 0 Å². The minimum absolute atomic E-state index is 0.403. The van der Waals surface area contributed by atoms with Crippen molar-refractivity contribution < 1.29 is 0 Å². The van der Waals surface area contributed by atoms with Gasteiger partial charge in [-0.3, -0.25) is 4.98 Å². The molecule has 0 saturated carbocycles. The number of rotatable bonds is 3. The van der Waals surface area contributed by atoms with E-state index in [1.165, 1.54) is 12.8 Å². The van der Waals surface area contributed by atoms with Crippen molar-refractivity contribution in [3.8, 4) is 0 Å². The predicted octanol–water partition coefficient (Wildman–Crippen LogP) is 1.89. The van der Waals surface area contributed by atoms with Gasteiger partial charge in [-0.25, -0.2) is 9.97 Å². The zero-order valence-corrected chi connectivity index (χ0v) is 10.2. The summed E-state index contributed by atoms with van der Waals surface area (Å²) in [6, 6.07) is 6.41. The average molecular weight is 240 g/mol. The van der Waals surface area contributed by atoms with Gasteiger partial charge in [0.25, 0.3) is 0 Å². The molecule has 3 rings (SSSR count). The number of nitrogens with zero attached hydrogens (tertiary/aromatic N) is 3. The topological polar surface area (TPSA) is 50.7 Å². The van der Waals surface area contributed by atoms with Crippen molar-refractivity contribution in [3.05, 3.63) is 53.9 Å². The lowest BCUT2D eigenvalue weighted by molar-refractivity contribution is 0.621. The van der Waals surface area contributed by atoms with Crippen LogP contribution in [-0.4, -0.2) is 21.5 Å². The highest BCUT2D eigenvalue weighted by Gasteiger charge is 2.17. The maximum absolute atomic E-state index is 4.65. The zero-order valence-electron chi connectivity index (χ0n) is 10.2. The van der Waals surface area contributed by atoms with Crippen molar-refractivity contribution in [2.75, 3.05) is 6.54 Å². The second-order valence-corrected chi connectivity index (χ2v) is 4.58.